The van der Waals surface area contributed by atoms with Crippen molar-refractivity contribution in [3.63, 3.8) is 0 Å². The number of aromatic nitrogens is 2. The quantitative estimate of drug-likeness (QED) is 0.444. The van der Waals surface area contributed by atoms with Gasteiger partial charge in [-0.25, -0.2) is 4.68 Å². The molecule has 5 nitrogen and oxygen atoms in total. The van der Waals surface area contributed by atoms with Crippen molar-refractivity contribution < 1.29 is 4.79 Å². The summed E-state index contributed by atoms with van der Waals surface area (Å²) < 4.78 is 1.20. The number of rotatable bonds is 4. The molecular formula is C26H22ClN3O2. The van der Waals surface area contributed by atoms with Crippen molar-refractivity contribution in [3.05, 3.63) is 105 Å². The molecule has 0 radical (unpaired) electrons. The Hall–Kier alpha value is -3.70. The topological polar surface area (TPSA) is 64.0 Å². The van der Waals surface area contributed by atoms with E-state index in [1.54, 1.807) is 13.1 Å². The van der Waals surface area contributed by atoms with Gasteiger partial charge in [-0.05, 0) is 36.6 Å². The molecule has 6 heteroatoms. The van der Waals surface area contributed by atoms with Gasteiger partial charge < -0.3 is 5.32 Å². The molecule has 4 aromatic rings. The van der Waals surface area contributed by atoms with E-state index in [4.69, 9.17) is 11.6 Å². The van der Waals surface area contributed by atoms with Gasteiger partial charge in [0.2, 0.25) is 0 Å². The normalized spacial score (nSPS) is 10.8. The lowest BCUT2D eigenvalue weighted by molar-refractivity contribution is 0.102. The predicted octanol–water partition coefficient (Wildman–Crippen LogP) is 5.64. The highest BCUT2D eigenvalue weighted by atomic mass is 35.5. The molecule has 1 heterocycles. The van der Waals surface area contributed by atoms with Gasteiger partial charge in [0.15, 0.2) is 0 Å². The van der Waals surface area contributed by atoms with Crippen LogP contribution in [0.4, 0.5) is 5.69 Å². The third kappa shape index (κ3) is 4.07. The second kappa shape index (κ2) is 8.81. The van der Waals surface area contributed by atoms with Gasteiger partial charge in [0.25, 0.3) is 11.5 Å². The first-order chi connectivity index (χ1) is 15.4. The molecule has 0 saturated heterocycles. The third-order valence-electron chi connectivity index (χ3n) is 5.25. The first kappa shape index (κ1) is 21.5. The first-order valence-electron chi connectivity index (χ1n) is 10.2. The summed E-state index contributed by atoms with van der Waals surface area (Å²) in [5, 5.41) is 7.80. The van der Waals surface area contributed by atoms with Crippen molar-refractivity contribution in [2.45, 2.75) is 13.8 Å². The van der Waals surface area contributed by atoms with Gasteiger partial charge in [-0.2, -0.15) is 5.10 Å². The van der Waals surface area contributed by atoms with E-state index in [-0.39, 0.29) is 5.56 Å². The molecule has 3 aromatic carbocycles. The first-order valence-corrected chi connectivity index (χ1v) is 10.5. The second-order valence-electron chi connectivity index (χ2n) is 7.65. The van der Waals surface area contributed by atoms with Crippen LogP contribution in [0.25, 0.3) is 22.4 Å². The highest BCUT2D eigenvalue weighted by Gasteiger charge is 2.25. The maximum Gasteiger partial charge on any atom is 0.280 e. The summed E-state index contributed by atoms with van der Waals surface area (Å²) in [6.07, 6.45) is 0. The zero-order chi connectivity index (χ0) is 22.8. The Morgan fingerprint density at radius 3 is 2.12 bits per heavy atom. The minimum absolute atomic E-state index is 0.0172. The summed E-state index contributed by atoms with van der Waals surface area (Å²) in [5.74, 6) is -0.530. The number of aryl methyl sites for hydroxylation is 3. The van der Waals surface area contributed by atoms with Crippen LogP contribution >= 0.6 is 11.6 Å². The zero-order valence-electron chi connectivity index (χ0n) is 18.0. The van der Waals surface area contributed by atoms with Crippen LogP contribution in [0.15, 0.2) is 77.6 Å². The van der Waals surface area contributed by atoms with Gasteiger partial charge in [-0.3, -0.25) is 9.59 Å². The lowest BCUT2D eigenvalue weighted by Gasteiger charge is -2.17. The lowest BCUT2D eigenvalue weighted by Crippen LogP contribution is -2.31. The number of nitrogens with one attached hydrogen (secondary N) is 1. The van der Waals surface area contributed by atoms with Crippen LogP contribution < -0.4 is 10.9 Å². The SMILES string of the molecule is Cc1cc(C)c(NC(=O)c2c(-c3ccccc3)c(-c3ccccc3)nn(C)c2=O)c(Cl)c1. The van der Waals surface area contributed by atoms with Crippen LogP contribution in [0.5, 0.6) is 0 Å². The third-order valence-corrected chi connectivity index (χ3v) is 5.55. The van der Waals surface area contributed by atoms with E-state index in [1.807, 2.05) is 80.6 Å². The molecule has 0 aliphatic heterocycles. The van der Waals surface area contributed by atoms with E-state index in [0.29, 0.717) is 22.0 Å². The fourth-order valence-corrected chi connectivity index (χ4v) is 4.15. The van der Waals surface area contributed by atoms with Gasteiger partial charge in [0.1, 0.15) is 5.56 Å². The zero-order valence-corrected chi connectivity index (χ0v) is 18.8. The number of carbonyl (C=O) groups is 1. The Balaban J connectivity index is 1.97. The van der Waals surface area contributed by atoms with E-state index in [0.717, 1.165) is 22.3 Å². The Morgan fingerprint density at radius 1 is 0.938 bits per heavy atom. The van der Waals surface area contributed by atoms with Crippen LogP contribution in [0.1, 0.15) is 21.5 Å². The fraction of sp³-hybridized carbons (Fsp3) is 0.115. The number of nitrogens with zero attached hydrogens (tertiary/aromatic N) is 2. The van der Waals surface area contributed by atoms with Crippen molar-refractivity contribution in [1.29, 1.82) is 0 Å². The monoisotopic (exact) mass is 443 g/mol. The average Bonchev–Trinajstić information content (AvgIpc) is 2.78. The number of carbonyl (C=O) groups excluding carboxylic acids is 1. The van der Waals surface area contributed by atoms with Gasteiger partial charge >= 0.3 is 0 Å². The Labute approximate surface area is 191 Å². The summed E-state index contributed by atoms with van der Waals surface area (Å²) in [6, 6.07) is 22.6. The molecule has 0 fully saturated rings. The lowest BCUT2D eigenvalue weighted by atomic mass is 9.95. The molecule has 0 aliphatic rings. The molecule has 0 atom stereocenters. The van der Waals surface area contributed by atoms with Crippen LogP contribution in [0, 0.1) is 13.8 Å². The maximum absolute atomic E-state index is 13.5. The second-order valence-corrected chi connectivity index (χ2v) is 8.06. The van der Waals surface area contributed by atoms with E-state index < -0.39 is 11.5 Å². The standard InChI is InChI=1S/C26H22ClN3O2/c1-16-14-17(2)23(20(27)15-16)28-25(31)22-21(18-10-6-4-7-11-18)24(29-30(3)26(22)32)19-12-8-5-9-13-19/h4-15H,1-3H3,(H,28,31). The van der Waals surface area contributed by atoms with Gasteiger partial charge in [0, 0.05) is 18.2 Å². The van der Waals surface area contributed by atoms with Crippen molar-refractivity contribution in [3.8, 4) is 22.4 Å². The molecular weight excluding hydrogens is 422 g/mol. The van der Waals surface area contributed by atoms with Crippen LogP contribution in [-0.2, 0) is 7.05 Å². The summed E-state index contributed by atoms with van der Waals surface area (Å²) in [7, 11) is 1.55. The number of hydrogen-bond acceptors (Lipinski definition) is 3. The maximum atomic E-state index is 13.5. The predicted molar refractivity (Wildman–Crippen MR) is 129 cm³/mol. The smallest absolute Gasteiger partial charge is 0.280 e. The number of hydrogen-bond donors (Lipinski definition) is 1. The van der Waals surface area contributed by atoms with E-state index in [1.165, 1.54) is 4.68 Å². The molecule has 1 aromatic heterocycles. The molecule has 1 amide bonds. The van der Waals surface area contributed by atoms with Crippen LogP contribution in [0.3, 0.4) is 0 Å². The van der Waals surface area contributed by atoms with Crippen LogP contribution in [0.2, 0.25) is 5.02 Å². The number of anilines is 1. The summed E-state index contributed by atoms with van der Waals surface area (Å²) in [6.45, 7) is 3.80. The van der Waals surface area contributed by atoms with E-state index >= 15 is 0 Å². The van der Waals surface area contributed by atoms with Crippen molar-refractivity contribution in [2.75, 3.05) is 5.32 Å². The number of amides is 1. The fourth-order valence-electron chi connectivity index (χ4n) is 3.78. The Morgan fingerprint density at radius 2 is 1.53 bits per heavy atom. The van der Waals surface area contributed by atoms with Crippen molar-refractivity contribution >= 4 is 23.2 Å². The highest BCUT2D eigenvalue weighted by Crippen LogP contribution is 2.33. The molecule has 0 aliphatic carbocycles. The average molecular weight is 444 g/mol. The number of benzene rings is 3. The van der Waals surface area contributed by atoms with Gasteiger partial charge in [-0.1, -0.05) is 78.3 Å². The molecule has 0 unspecified atom stereocenters. The highest BCUT2D eigenvalue weighted by molar-refractivity contribution is 6.34. The molecule has 0 spiro atoms. The summed E-state index contributed by atoms with van der Waals surface area (Å²) in [5.41, 5.74) is 4.40. The minimum atomic E-state index is -0.530. The molecule has 0 bridgehead atoms. The molecule has 0 saturated carbocycles. The number of halogens is 1. The molecule has 32 heavy (non-hydrogen) atoms. The van der Waals surface area contributed by atoms with Gasteiger partial charge in [0.05, 0.1) is 16.4 Å². The Kier molecular flexibility index (Phi) is 5.93. The van der Waals surface area contributed by atoms with E-state index in [2.05, 4.69) is 10.4 Å². The van der Waals surface area contributed by atoms with Gasteiger partial charge in [-0.15, -0.1) is 0 Å². The molecule has 1 N–H and O–H groups in total. The minimum Gasteiger partial charge on any atom is -0.320 e. The Bertz CT molecular complexity index is 1340. The molecule has 160 valence electrons. The largest absolute Gasteiger partial charge is 0.320 e. The summed E-state index contributed by atoms with van der Waals surface area (Å²) >= 11 is 6.41. The van der Waals surface area contributed by atoms with Crippen molar-refractivity contribution in [2.24, 2.45) is 7.05 Å². The van der Waals surface area contributed by atoms with Crippen LogP contribution in [-0.4, -0.2) is 15.7 Å². The van der Waals surface area contributed by atoms with E-state index in [9.17, 15) is 9.59 Å². The van der Waals surface area contributed by atoms with Crippen molar-refractivity contribution in [1.82, 2.24) is 9.78 Å². The summed E-state index contributed by atoms with van der Waals surface area (Å²) in [4.78, 5) is 26.8. The molecule has 4 rings (SSSR count).